The molecule has 1 unspecified atom stereocenters. The summed E-state index contributed by atoms with van der Waals surface area (Å²) in [6, 6.07) is 2.24. The maximum absolute atomic E-state index is 13.3. The molecule has 0 aliphatic carbocycles. The molecular weight excluding hydrogens is 303 g/mol. The maximum Gasteiger partial charge on any atom is 0.234 e. The predicted molar refractivity (Wildman–Crippen MR) is 70.4 cm³/mol. The second-order valence-corrected chi connectivity index (χ2v) is 5.32. The van der Waals surface area contributed by atoms with Gasteiger partial charge in [-0.15, -0.1) is 0 Å². The highest BCUT2D eigenvalue weighted by molar-refractivity contribution is 9.10. The second-order valence-electron chi connectivity index (χ2n) is 4.40. The zero-order valence-corrected chi connectivity index (χ0v) is 11.8. The van der Waals surface area contributed by atoms with Crippen molar-refractivity contribution in [1.82, 2.24) is 5.32 Å². The van der Waals surface area contributed by atoms with Gasteiger partial charge in [-0.25, -0.2) is 4.39 Å². The van der Waals surface area contributed by atoms with E-state index in [4.69, 9.17) is 5.73 Å². The van der Waals surface area contributed by atoms with Crippen LogP contribution in [0.1, 0.15) is 19.4 Å². The van der Waals surface area contributed by atoms with Gasteiger partial charge in [-0.1, -0.05) is 29.8 Å². The molecule has 0 bridgehead atoms. The van der Waals surface area contributed by atoms with Crippen molar-refractivity contribution >= 4 is 21.8 Å². The van der Waals surface area contributed by atoms with Gasteiger partial charge in [0.1, 0.15) is 0 Å². The van der Waals surface area contributed by atoms with Gasteiger partial charge in [0.15, 0.2) is 11.6 Å². The molecule has 4 nitrogen and oxygen atoms in total. The van der Waals surface area contributed by atoms with E-state index in [0.29, 0.717) is 10.0 Å². The number of amides is 1. The summed E-state index contributed by atoms with van der Waals surface area (Å²) in [6.07, 6.45) is 0. The molecule has 0 aromatic heterocycles. The highest BCUT2D eigenvalue weighted by Gasteiger charge is 2.19. The van der Waals surface area contributed by atoms with Crippen molar-refractivity contribution in [3.8, 4) is 5.75 Å². The summed E-state index contributed by atoms with van der Waals surface area (Å²) in [4.78, 5) is 11.2. The molecule has 0 radical (unpaired) electrons. The molecule has 1 amide bonds. The number of phenols is 1. The summed E-state index contributed by atoms with van der Waals surface area (Å²) in [5, 5.41) is 12.5. The first-order valence-electron chi connectivity index (χ1n) is 5.52. The Kier molecular flexibility index (Phi) is 5.10. The van der Waals surface area contributed by atoms with Gasteiger partial charge in [0.2, 0.25) is 5.91 Å². The lowest BCUT2D eigenvalue weighted by atomic mass is 10.0. The molecular formula is C12H16BrFN2O2. The van der Waals surface area contributed by atoms with Crippen LogP contribution in [0.4, 0.5) is 4.39 Å². The monoisotopic (exact) mass is 318 g/mol. The standard InChI is InChI=1S/C12H16BrFN2O2/c1-6(2)10(12(15)18)16-5-7-3-8(13)4-9(14)11(7)17/h3-4,6,10,16-17H,5H2,1-2H3,(H2,15,18). The molecule has 0 saturated carbocycles. The van der Waals surface area contributed by atoms with Crippen LogP contribution in [0.15, 0.2) is 16.6 Å². The Labute approximate surface area is 113 Å². The minimum Gasteiger partial charge on any atom is -0.505 e. The molecule has 0 spiro atoms. The van der Waals surface area contributed by atoms with E-state index in [0.717, 1.165) is 0 Å². The van der Waals surface area contributed by atoms with E-state index in [2.05, 4.69) is 21.2 Å². The minimum atomic E-state index is -0.707. The van der Waals surface area contributed by atoms with E-state index in [9.17, 15) is 14.3 Å². The third-order valence-electron chi connectivity index (χ3n) is 2.59. The van der Waals surface area contributed by atoms with Crippen LogP contribution >= 0.6 is 15.9 Å². The van der Waals surface area contributed by atoms with Crippen LogP contribution in [0.25, 0.3) is 0 Å². The van der Waals surface area contributed by atoms with Gasteiger partial charge < -0.3 is 16.2 Å². The normalized spacial score (nSPS) is 12.7. The first-order chi connectivity index (χ1) is 8.32. The van der Waals surface area contributed by atoms with Gasteiger partial charge >= 0.3 is 0 Å². The van der Waals surface area contributed by atoms with Crippen LogP contribution in [-0.2, 0) is 11.3 Å². The molecule has 0 aliphatic rings. The number of phenolic OH excluding ortho intramolecular Hbond substituents is 1. The molecule has 6 heteroatoms. The molecule has 100 valence electrons. The van der Waals surface area contributed by atoms with Gasteiger partial charge in [0, 0.05) is 16.6 Å². The van der Waals surface area contributed by atoms with Gasteiger partial charge in [0.25, 0.3) is 0 Å². The van der Waals surface area contributed by atoms with Crippen molar-refractivity contribution < 1.29 is 14.3 Å². The first-order valence-corrected chi connectivity index (χ1v) is 6.31. The Balaban J connectivity index is 2.82. The second kappa shape index (κ2) is 6.15. The van der Waals surface area contributed by atoms with Crippen molar-refractivity contribution in [2.45, 2.75) is 26.4 Å². The van der Waals surface area contributed by atoms with E-state index in [1.807, 2.05) is 13.8 Å². The van der Waals surface area contributed by atoms with Crippen molar-refractivity contribution in [1.29, 1.82) is 0 Å². The summed E-state index contributed by atoms with van der Waals surface area (Å²) < 4.78 is 13.8. The molecule has 1 rings (SSSR count). The van der Waals surface area contributed by atoms with Crippen molar-refractivity contribution in [2.75, 3.05) is 0 Å². The Morgan fingerprint density at radius 3 is 2.67 bits per heavy atom. The third kappa shape index (κ3) is 3.68. The van der Waals surface area contributed by atoms with Crippen LogP contribution in [0.2, 0.25) is 0 Å². The number of carbonyl (C=O) groups is 1. The number of carbonyl (C=O) groups excluding carboxylic acids is 1. The quantitative estimate of drug-likeness (QED) is 0.776. The van der Waals surface area contributed by atoms with Gasteiger partial charge in [-0.2, -0.15) is 0 Å². The molecule has 1 aromatic rings. The highest BCUT2D eigenvalue weighted by atomic mass is 79.9. The van der Waals surface area contributed by atoms with Crippen molar-refractivity contribution in [2.24, 2.45) is 11.7 Å². The van der Waals surface area contributed by atoms with E-state index >= 15 is 0 Å². The molecule has 0 heterocycles. The van der Waals surface area contributed by atoms with Gasteiger partial charge in [-0.05, 0) is 18.1 Å². The zero-order valence-electron chi connectivity index (χ0n) is 10.2. The van der Waals surface area contributed by atoms with E-state index in [1.54, 1.807) is 6.07 Å². The smallest absolute Gasteiger partial charge is 0.234 e. The van der Waals surface area contributed by atoms with Gasteiger partial charge in [0.05, 0.1) is 6.04 Å². The first kappa shape index (κ1) is 14.9. The fourth-order valence-corrected chi connectivity index (χ4v) is 2.12. The molecule has 1 aromatic carbocycles. The Hall–Kier alpha value is -1.14. The number of benzene rings is 1. The molecule has 0 aliphatic heterocycles. The fourth-order valence-electron chi connectivity index (χ4n) is 1.64. The molecule has 4 N–H and O–H groups in total. The predicted octanol–water partition coefficient (Wildman–Crippen LogP) is 1.89. The number of nitrogens with one attached hydrogen (secondary N) is 1. The number of hydrogen-bond donors (Lipinski definition) is 3. The van der Waals surface area contributed by atoms with Crippen LogP contribution in [0.5, 0.6) is 5.75 Å². The number of halogens is 2. The van der Waals surface area contributed by atoms with Crippen molar-refractivity contribution in [3.63, 3.8) is 0 Å². The van der Waals surface area contributed by atoms with E-state index in [-0.39, 0.29) is 12.5 Å². The largest absolute Gasteiger partial charge is 0.505 e. The minimum absolute atomic E-state index is 0.0154. The van der Waals surface area contributed by atoms with Crippen LogP contribution < -0.4 is 11.1 Å². The molecule has 0 fully saturated rings. The lowest BCUT2D eigenvalue weighted by molar-refractivity contribution is -0.121. The van der Waals surface area contributed by atoms with E-state index < -0.39 is 23.5 Å². The summed E-state index contributed by atoms with van der Waals surface area (Å²) >= 11 is 3.14. The molecule has 1 atom stereocenters. The SMILES string of the molecule is CC(C)C(NCc1cc(Br)cc(F)c1O)C(N)=O. The zero-order chi connectivity index (χ0) is 13.9. The lowest BCUT2D eigenvalue weighted by Crippen LogP contribution is -2.44. The topological polar surface area (TPSA) is 75.3 Å². The fraction of sp³-hybridized carbons (Fsp3) is 0.417. The highest BCUT2D eigenvalue weighted by Crippen LogP contribution is 2.26. The average molecular weight is 319 g/mol. The Morgan fingerprint density at radius 1 is 1.56 bits per heavy atom. The number of nitrogens with two attached hydrogens (primary N) is 1. The maximum atomic E-state index is 13.3. The summed E-state index contributed by atoms with van der Waals surface area (Å²) in [5.74, 6) is -1.58. The van der Waals surface area contributed by atoms with Crippen molar-refractivity contribution in [3.05, 3.63) is 28.0 Å². The summed E-state index contributed by atoms with van der Waals surface area (Å²) in [6.45, 7) is 3.86. The van der Waals surface area contributed by atoms with Crippen LogP contribution in [0, 0.1) is 11.7 Å². The number of hydrogen-bond acceptors (Lipinski definition) is 3. The molecule has 0 saturated heterocycles. The van der Waals surface area contributed by atoms with Crippen LogP contribution in [-0.4, -0.2) is 17.1 Å². The lowest BCUT2D eigenvalue weighted by Gasteiger charge is -2.19. The number of rotatable bonds is 5. The average Bonchev–Trinajstić information content (AvgIpc) is 2.23. The molecule has 18 heavy (non-hydrogen) atoms. The Bertz CT molecular complexity index is 452. The number of primary amides is 1. The summed E-state index contributed by atoms with van der Waals surface area (Å²) in [7, 11) is 0. The van der Waals surface area contributed by atoms with Crippen LogP contribution in [0.3, 0.4) is 0 Å². The summed E-state index contributed by atoms with van der Waals surface area (Å²) in [5.41, 5.74) is 5.62. The van der Waals surface area contributed by atoms with Gasteiger partial charge in [-0.3, -0.25) is 4.79 Å². The third-order valence-corrected chi connectivity index (χ3v) is 3.05. The Morgan fingerprint density at radius 2 is 2.17 bits per heavy atom. The number of aromatic hydroxyl groups is 1. The van der Waals surface area contributed by atoms with E-state index in [1.165, 1.54) is 6.07 Å².